The highest BCUT2D eigenvalue weighted by atomic mass is 16.3. The van der Waals surface area contributed by atoms with E-state index in [4.69, 9.17) is 0 Å². The molecule has 5 rings (SSSR count). The molecule has 2 N–H and O–H groups in total. The van der Waals surface area contributed by atoms with Crippen molar-refractivity contribution in [3.8, 4) is 5.75 Å². The highest BCUT2D eigenvalue weighted by Crippen LogP contribution is 2.43. The van der Waals surface area contributed by atoms with Gasteiger partial charge < -0.3 is 15.1 Å². The lowest BCUT2D eigenvalue weighted by Crippen LogP contribution is -2.40. The van der Waals surface area contributed by atoms with Crippen LogP contribution in [0.2, 0.25) is 0 Å². The Labute approximate surface area is 188 Å². The van der Waals surface area contributed by atoms with Crippen LogP contribution < -0.4 is 0 Å². The van der Waals surface area contributed by atoms with E-state index in [0.29, 0.717) is 11.1 Å². The Hall–Kier alpha value is -3.08. The van der Waals surface area contributed by atoms with E-state index in [1.807, 2.05) is 24.3 Å². The lowest BCUT2D eigenvalue weighted by Gasteiger charge is -2.35. The molecule has 0 radical (unpaired) electrons. The molecule has 5 heteroatoms. The molecule has 2 aromatic carbocycles. The van der Waals surface area contributed by atoms with Crippen LogP contribution in [0.4, 0.5) is 0 Å². The zero-order valence-corrected chi connectivity index (χ0v) is 18.2. The summed E-state index contributed by atoms with van der Waals surface area (Å²) in [7, 11) is 0. The Morgan fingerprint density at radius 1 is 0.875 bits per heavy atom. The second-order valence-electron chi connectivity index (χ2n) is 9.28. The molecule has 2 fully saturated rings. The van der Waals surface area contributed by atoms with Gasteiger partial charge in [-0.25, -0.2) is 0 Å². The molecule has 2 aliphatic carbocycles. The predicted octanol–water partition coefficient (Wildman–Crippen LogP) is 5.03. The number of benzene rings is 2. The van der Waals surface area contributed by atoms with Crippen LogP contribution in [0.15, 0.2) is 48.0 Å². The monoisotopic (exact) mass is 431 g/mol. The molecule has 0 spiro atoms. The van der Waals surface area contributed by atoms with Crippen LogP contribution in [-0.2, 0) is 22.4 Å². The highest BCUT2D eigenvalue weighted by molar-refractivity contribution is 6.46. The van der Waals surface area contributed by atoms with Crippen LogP contribution in [0.5, 0.6) is 5.75 Å². The summed E-state index contributed by atoms with van der Waals surface area (Å²) in [4.78, 5) is 28.1. The van der Waals surface area contributed by atoms with Crippen molar-refractivity contribution in [2.75, 3.05) is 0 Å². The third-order valence-corrected chi connectivity index (χ3v) is 7.26. The van der Waals surface area contributed by atoms with Crippen LogP contribution in [0.25, 0.3) is 5.76 Å². The largest absolute Gasteiger partial charge is 0.508 e. The van der Waals surface area contributed by atoms with Crippen molar-refractivity contribution in [1.29, 1.82) is 0 Å². The summed E-state index contributed by atoms with van der Waals surface area (Å²) in [6, 6.07) is 11.8. The van der Waals surface area contributed by atoms with E-state index in [9.17, 15) is 19.8 Å². The molecule has 0 bridgehead atoms. The molecule has 5 nitrogen and oxygen atoms in total. The Morgan fingerprint density at radius 3 is 2.38 bits per heavy atom. The molecule has 1 saturated carbocycles. The Morgan fingerprint density at radius 2 is 1.62 bits per heavy atom. The number of fused-ring (bicyclic) bond motifs is 1. The van der Waals surface area contributed by atoms with Gasteiger partial charge in [0.1, 0.15) is 11.5 Å². The number of aliphatic hydroxyl groups is 1. The quantitative estimate of drug-likeness (QED) is 0.406. The van der Waals surface area contributed by atoms with Gasteiger partial charge in [-0.1, -0.05) is 43.5 Å². The second-order valence-corrected chi connectivity index (χ2v) is 9.28. The van der Waals surface area contributed by atoms with Crippen LogP contribution in [0.1, 0.15) is 73.2 Å². The van der Waals surface area contributed by atoms with Gasteiger partial charge in [-0.05, 0) is 73.4 Å². The topological polar surface area (TPSA) is 77.8 Å². The maximum atomic E-state index is 13.3. The number of aromatic hydroxyl groups is 1. The number of hydrogen-bond donors (Lipinski definition) is 2. The molecular formula is C27H29NO4. The molecule has 0 aromatic heterocycles. The molecule has 2 aromatic rings. The van der Waals surface area contributed by atoms with Crippen molar-refractivity contribution < 1.29 is 19.8 Å². The molecule has 1 unspecified atom stereocenters. The summed E-state index contributed by atoms with van der Waals surface area (Å²) >= 11 is 0. The van der Waals surface area contributed by atoms with Gasteiger partial charge in [0.2, 0.25) is 0 Å². The average Bonchev–Trinajstić information content (AvgIpc) is 3.09. The van der Waals surface area contributed by atoms with E-state index < -0.39 is 17.7 Å². The fourth-order valence-electron chi connectivity index (χ4n) is 5.64. The number of ketones is 1. The van der Waals surface area contributed by atoms with Gasteiger partial charge in [-0.15, -0.1) is 0 Å². The fraction of sp³-hybridized carbons (Fsp3) is 0.407. The van der Waals surface area contributed by atoms with Gasteiger partial charge in [0, 0.05) is 11.6 Å². The van der Waals surface area contributed by atoms with Gasteiger partial charge in [0.05, 0.1) is 11.6 Å². The van der Waals surface area contributed by atoms with E-state index in [2.05, 4.69) is 0 Å². The standard InChI is InChI=1S/C27H29NO4/c29-22-12-6-9-19(16-22)24-23(26(31)27(32)28(24)21-10-2-1-3-11-21)25(30)20-14-13-17-7-4-5-8-18(17)15-20/h6,9,12-16,21,24,29-30H,1-5,7-8,10-11H2/b25-23-. The number of amides is 1. The van der Waals surface area contributed by atoms with Crippen molar-refractivity contribution in [1.82, 2.24) is 4.90 Å². The third kappa shape index (κ3) is 3.60. The van der Waals surface area contributed by atoms with E-state index >= 15 is 0 Å². The lowest BCUT2D eigenvalue weighted by atomic mass is 9.88. The molecule has 1 atom stereocenters. The van der Waals surface area contributed by atoms with Crippen molar-refractivity contribution in [2.24, 2.45) is 0 Å². The minimum atomic E-state index is -0.693. The normalized spacial score (nSPS) is 23.4. The lowest BCUT2D eigenvalue weighted by molar-refractivity contribution is -0.141. The number of Topliss-reactive ketones (excluding diaryl/α,β-unsaturated/α-hetero) is 1. The van der Waals surface area contributed by atoms with Gasteiger partial charge in [0.15, 0.2) is 0 Å². The van der Waals surface area contributed by atoms with E-state index in [1.165, 1.54) is 17.5 Å². The Bertz CT molecular complexity index is 1100. The summed E-state index contributed by atoms with van der Waals surface area (Å²) in [6.45, 7) is 0. The van der Waals surface area contributed by atoms with Gasteiger partial charge in [-0.2, -0.15) is 0 Å². The predicted molar refractivity (Wildman–Crippen MR) is 122 cm³/mol. The summed E-state index contributed by atoms with van der Waals surface area (Å²) in [6.07, 6.45) is 9.15. The van der Waals surface area contributed by atoms with Crippen molar-refractivity contribution >= 4 is 17.4 Å². The average molecular weight is 432 g/mol. The number of rotatable bonds is 3. The number of aryl methyl sites for hydroxylation is 2. The summed E-state index contributed by atoms with van der Waals surface area (Å²) in [5.41, 5.74) is 3.85. The molecule has 1 heterocycles. The second kappa shape index (κ2) is 8.45. The first-order chi connectivity index (χ1) is 15.5. The summed E-state index contributed by atoms with van der Waals surface area (Å²) in [5, 5.41) is 21.5. The van der Waals surface area contributed by atoms with Gasteiger partial charge in [0.25, 0.3) is 11.7 Å². The number of likely N-dealkylation sites (tertiary alicyclic amines) is 1. The zero-order chi connectivity index (χ0) is 22.2. The molecular weight excluding hydrogens is 402 g/mol. The van der Waals surface area contributed by atoms with Gasteiger partial charge >= 0.3 is 0 Å². The number of nitrogens with zero attached hydrogens (tertiary/aromatic N) is 1. The Balaban J connectivity index is 1.64. The van der Waals surface area contributed by atoms with Gasteiger partial charge in [-0.3, -0.25) is 9.59 Å². The van der Waals surface area contributed by atoms with E-state index in [1.54, 1.807) is 23.1 Å². The molecule has 3 aliphatic rings. The first kappa shape index (κ1) is 20.8. The number of carbonyl (C=O) groups is 2. The van der Waals surface area contributed by atoms with Crippen molar-refractivity contribution in [3.05, 3.63) is 70.3 Å². The number of carbonyl (C=O) groups excluding carboxylic acids is 2. The van der Waals surface area contributed by atoms with E-state index in [-0.39, 0.29) is 23.1 Å². The number of aliphatic hydroxyl groups excluding tert-OH is 1. The molecule has 32 heavy (non-hydrogen) atoms. The smallest absolute Gasteiger partial charge is 0.295 e. The zero-order valence-electron chi connectivity index (χ0n) is 18.2. The molecule has 166 valence electrons. The maximum Gasteiger partial charge on any atom is 0.295 e. The van der Waals surface area contributed by atoms with Crippen molar-refractivity contribution in [3.63, 3.8) is 0 Å². The highest BCUT2D eigenvalue weighted by Gasteiger charge is 2.49. The first-order valence-electron chi connectivity index (χ1n) is 11.8. The van der Waals surface area contributed by atoms with Crippen LogP contribution in [0.3, 0.4) is 0 Å². The number of hydrogen-bond acceptors (Lipinski definition) is 4. The number of phenols is 1. The van der Waals surface area contributed by atoms with Crippen LogP contribution in [0, 0.1) is 0 Å². The molecule has 1 amide bonds. The minimum absolute atomic E-state index is 0.0404. The Kier molecular flexibility index (Phi) is 5.50. The molecule has 1 aliphatic heterocycles. The maximum absolute atomic E-state index is 13.3. The van der Waals surface area contributed by atoms with Crippen LogP contribution in [-0.4, -0.2) is 32.8 Å². The number of phenolic OH excluding ortho intramolecular Hbond substituents is 1. The third-order valence-electron chi connectivity index (χ3n) is 7.26. The van der Waals surface area contributed by atoms with Crippen molar-refractivity contribution in [2.45, 2.75) is 69.9 Å². The SMILES string of the molecule is O=C1C(=O)N(C2CCCCC2)C(c2cccc(O)c2)/C1=C(/O)c1ccc2c(c1)CCCC2. The summed E-state index contributed by atoms with van der Waals surface area (Å²) < 4.78 is 0. The summed E-state index contributed by atoms with van der Waals surface area (Å²) in [5.74, 6) is -1.24. The van der Waals surface area contributed by atoms with Crippen LogP contribution >= 0.6 is 0 Å². The fourth-order valence-corrected chi connectivity index (χ4v) is 5.64. The first-order valence-corrected chi connectivity index (χ1v) is 11.8. The minimum Gasteiger partial charge on any atom is -0.508 e. The molecule has 1 saturated heterocycles. The van der Waals surface area contributed by atoms with E-state index in [0.717, 1.165) is 51.4 Å².